The zero-order valence-electron chi connectivity index (χ0n) is 24.3. The third-order valence-electron chi connectivity index (χ3n) is 8.05. The summed E-state index contributed by atoms with van der Waals surface area (Å²) in [4.78, 5) is 43.8. The third kappa shape index (κ3) is 4.92. The zero-order valence-corrected chi connectivity index (χ0v) is 24.3. The van der Waals surface area contributed by atoms with Crippen molar-refractivity contribution in [3.8, 4) is 22.7 Å². The lowest BCUT2D eigenvalue weighted by Crippen LogP contribution is -2.54. The molecule has 1 saturated heterocycles. The third-order valence-corrected chi connectivity index (χ3v) is 8.05. The monoisotopic (exact) mass is 586 g/mol. The van der Waals surface area contributed by atoms with E-state index in [9.17, 15) is 9.59 Å². The number of amides is 1. The number of piperazine rings is 1. The number of hydrogen-bond donors (Lipinski definition) is 0. The summed E-state index contributed by atoms with van der Waals surface area (Å²) in [5.74, 6) is -1.30. The smallest absolute Gasteiger partial charge is 0.355 e. The van der Waals surface area contributed by atoms with Crippen molar-refractivity contribution in [2.24, 2.45) is 0 Å². The van der Waals surface area contributed by atoms with Crippen molar-refractivity contribution in [2.75, 3.05) is 31.1 Å². The molecule has 0 aliphatic carbocycles. The highest BCUT2D eigenvalue weighted by Gasteiger charge is 2.31. The summed E-state index contributed by atoms with van der Waals surface area (Å²) in [5, 5.41) is 0.288. The second kappa shape index (κ2) is 11.2. The fraction of sp³-hybridized carbons (Fsp3) is 0.344. The largest absolute Gasteiger partial charge is 0.493 e. The molecule has 0 saturated carbocycles. The molecule has 2 bridgehead atoms. The van der Waals surface area contributed by atoms with Gasteiger partial charge >= 0.3 is 5.69 Å². The Balaban J connectivity index is 1.68. The molecule has 222 valence electrons. The van der Waals surface area contributed by atoms with Gasteiger partial charge in [0.25, 0.3) is 0 Å². The summed E-state index contributed by atoms with van der Waals surface area (Å²) in [5.41, 5.74) is 1.20. The van der Waals surface area contributed by atoms with Crippen molar-refractivity contribution in [3.05, 3.63) is 82.6 Å². The number of aryl methyl sites for hydroxylation is 1. The molecule has 2 aliphatic heterocycles. The number of anilines is 1. The van der Waals surface area contributed by atoms with Crippen LogP contribution < -0.4 is 15.3 Å². The molecule has 5 heterocycles. The average Bonchev–Trinajstić information content (AvgIpc) is 2.98. The fourth-order valence-corrected chi connectivity index (χ4v) is 6.00. The first kappa shape index (κ1) is 28.4. The molecule has 1 fully saturated rings. The van der Waals surface area contributed by atoms with Gasteiger partial charge in [0.2, 0.25) is 5.91 Å². The van der Waals surface area contributed by atoms with E-state index in [-0.39, 0.29) is 58.3 Å². The number of pyridine rings is 2. The topological polar surface area (TPSA) is 93.5 Å². The van der Waals surface area contributed by atoms with Gasteiger partial charge in [-0.1, -0.05) is 26.5 Å². The summed E-state index contributed by atoms with van der Waals surface area (Å²) in [6.07, 6.45) is 4.08. The van der Waals surface area contributed by atoms with Crippen LogP contribution in [0.4, 0.5) is 14.6 Å². The molecule has 2 aliphatic rings. The van der Waals surface area contributed by atoms with E-state index in [1.54, 1.807) is 17.2 Å². The van der Waals surface area contributed by atoms with Gasteiger partial charge in [-0.05, 0) is 61.6 Å². The van der Waals surface area contributed by atoms with Gasteiger partial charge in [0.15, 0.2) is 11.5 Å². The lowest BCUT2D eigenvalue weighted by Gasteiger charge is -2.40. The molecule has 6 rings (SSSR count). The Morgan fingerprint density at radius 3 is 2.72 bits per heavy atom. The van der Waals surface area contributed by atoms with E-state index in [2.05, 4.69) is 21.5 Å². The summed E-state index contributed by atoms with van der Waals surface area (Å²) in [6.45, 7) is 10.8. The Morgan fingerprint density at radius 1 is 1.16 bits per heavy atom. The van der Waals surface area contributed by atoms with E-state index in [0.29, 0.717) is 43.9 Å². The van der Waals surface area contributed by atoms with Crippen LogP contribution in [-0.2, 0) is 11.2 Å². The van der Waals surface area contributed by atoms with E-state index >= 15 is 8.78 Å². The van der Waals surface area contributed by atoms with Gasteiger partial charge < -0.3 is 14.5 Å². The fourth-order valence-electron chi connectivity index (χ4n) is 6.00. The summed E-state index contributed by atoms with van der Waals surface area (Å²) >= 11 is 0. The first-order chi connectivity index (χ1) is 20.7. The van der Waals surface area contributed by atoms with E-state index in [4.69, 9.17) is 4.74 Å². The Morgan fingerprint density at radius 2 is 1.98 bits per heavy atom. The Labute approximate surface area is 247 Å². The van der Waals surface area contributed by atoms with Gasteiger partial charge in [-0.15, -0.1) is 0 Å². The summed E-state index contributed by atoms with van der Waals surface area (Å²) in [6, 6.07) is 7.19. The zero-order chi connectivity index (χ0) is 30.4. The predicted molar refractivity (Wildman–Crippen MR) is 160 cm³/mol. The molecule has 11 heteroatoms. The minimum Gasteiger partial charge on any atom is -0.493 e. The van der Waals surface area contributed by atoms with E-state index in [0.717, 1.165) is 5.56 Å². The van der Waals surface area contributed by atoms with Gasteiger partial charge in [0, 0.05) is 31.9 Å². The lowest BCUT2D eigenvalue weighted by atomic mass is 10.0. The Bertz CT molecular complexity index is 1820. The number of benzene rings is 1. The summed E-state index contributed by atoms with van der Waals surface area (Å²) < 4.78 is 38.8. The molecule has 1 amide bonds. The number of carbonyl (C=O) groups excluding carboxylic acids is 1. The molecule has 1 aromatic carbocycles. The van der Waals surface area contributed by atoms with Crippen LogP contribution >= 0.6 is 0 Å². The molecule has 3 aromatic heterocycles. The number of aromatic nitrogens is 4. The number of halogens is 2. The van der Waals surface area contributed by atoms with Crippen molar-refractivity contribution in [2.45, 2.75) is 45.6 Å². The van der Waals surface area contributed by atoms with Gasteiger partial charge in [0.05, 0.1) is 28.9 Å². The van der Waals surface area contributed by atoms with Crippen LogP contribution in [0, 0.1) is 11.6 Å². The lowest BCUT2D eigenvalue weighted by molar-refractivity contribution is -0.126. The summed E-state index contributed by atoms with van der Waals surface area (Å²) in [7, 11) is 0. The van der Waals surface area contributed by atoms with Crippen LogP contribution in [0.3, 0.4) is 0 Å². The second-order valence-electron chi connectivity index (χ2n) is 11.2. The van der Waals surface area contributed by atoms with Crippen molar-refractivity contribution >= 4 is 22.8 Å². The van der Waals surface area contributed by atoms with Gasteiger partial charge in [-0.3, -0.25) is 9.78 Å². The van der Waals surface area contributed by atoms with Crippen LogP contribution in [0.1, 0.15) is 44.4 Å². The van der Waals surface area contributed by atoms with Gasteiger partial charge in [-0.25, -0.2) is 23.1 Å². The molecule has 0 N–H and O–H groups in total. The van der Waals surface area contributed by atoms with Crippen LogP contribution in [-0.4, -0.2) is 62.6 Å². The number of rotatable bonds is 3. The first-order valence-corrected chi connectivity index (χ1v) is 14.4. The molecule has 0 spiro atoms. The molecule has 0 radical (unpaired) electrons. The van der Waals surface area contributed by atoms with E-state index < -0.39 is 17.3 Å². The standard InChI is InChI=1S/C32H32F2N6O3/c1-5-25(41)38-13-14-39(19(4)17-38)30-21-16-23(34)28-26-22(33)9-6-10-24(26)43-15-7-8-20-11-12-35-27(18(2)3)29(20)40(31(21)36-28)32(42)37-30/h5-6,9-12,16,18-19H,1,7-8,13-15,17H2,2-4H3/t19-/m0/s1. The normalized spacial score (nSPS) is 16.7. The first-order valence-electron chi connectivity index (χ1n) is 14.4. The Kier molecular flexibility index (Phi) is 7.41. The van der Waals surface area contributed by atoms with Crippen molar-refractivity contribution in [1.82, 2.24) is 24.4 Å². The number of ether oxygens (including phenoxy) is 1. The van der Waals surface area contributed by atoms with Gasteiger partial charge in [0.1, 0.15) is 23.1 Å². The molecule has 4 aromatic rings. The molecular formula is C32H32F2N6O3. The van der Waals surface area contributed by atoms with E-state index in [1.807, 2.05) is 31.7 Å². The minimum absolute atomic E-state index is 0.0608. The van der Waals surface area contributed by atoms with Crippen LogP contribution in [0.25, 0.3) is 28.0 Å². The van der Waals surface area contributed by atoms with Crippen LogP contribution in [0.15, 0.2) is 54.0 Å². The van der Waals surface area contributed by atoms with Crippen molar-refractivity contribution in [3.63, 3.8) is 0 Å². The van der Waals surface area contributed by atoms with Crippen LogP contribution in [0.2, 0.25) is 0 Å². The average molecular weight is 587 g/mol. The number of hydrogen-bond acceptors (Lipinski definition) is 7. The highest BCUT2D eigenvalue weighted by molar-refractivity contribution is 5.91. The molecule has 0 unspecified atom stereocenters. The minimum atomic E-state index is -0.781. The molecular weight excluding hydrogens is 554 g/mol. The quantitative estimate of drug-likeness (QED) is 0.319. The Hall–Kier alpha value is -4.67. The SMILES string of the molecule is C=CC(=O)N1CCN(c2nc(=O)n3c4nc(c(F)cc24)-c2c(F)cccc2OCCCc2ccnc(C(C)C)c2-3)[C@@H](C)C1. The highest BCUT2D eigenvalue weighted by Crippen LogP contribution is 2.38. The second-order valence-corrected chi connectivity index (χ2v) is 11.2. The number of carbonyl (C=O) groups is 1. The van der Waals surface area contributed by atoms with Crippen LogP contribution in [0.5, 0.6) is 5.75 Å². The van der Waals surface area contributed by atoms with Gasteiger partial charge in [-0.2, -0.15) is 4.98 Å². The maximum atomic E-state index is 16.1. The van der Waals surface area contributed by atoms with Crippen molar-refractivity contribution < 1.29 is 18.3 Å². The molecule has 9 nitrogen and oxygen atoms in total. The molecule has 1 atom stereocenters. The highest BCUT2D eigenvalue weighted by atomic mass is 19.1. The van der Waals surface area contributed by atoms with Crippen molar-refractivity contribution in [1.29, 1.82) is 0 Å². The maximum absolute atomic E-state index is 16.1. The van der Waals surface area contributed by atoms with E-state index in [1.165, 1.54) is 28.8 Å². The molecule has 43 heavy (non-hydrogen) atoms. The maximum Gasteiger partial charge on any atom is 0.355 e. The number of nitrogens with zero attached hydrogens (tertiary/aromatic N) is 6. The predicted octanol–water partition coefficient (Wildman–Crippen LogP) is 4.79. The number of fused-ring (bicyclic) bond motifs is 5.